The van der Waals surface area contributed by atoms with Gasteiger partial charge < -0.3 is 19.7 Å². The molecule has 1 aromatic heterocycles. The number of rotatable bonds is 5. The van der Waals surface area contributed by atoms with Gasteiger partial charge in [0.05, 0.1) is 11.0 Å². The van der Waals surface area contributed by atoms with Crippen LogP contribution in [0, 0.1) is 0 Å². The van der Waals surface area contributed by atoms with Crippen molar-refractivity contribution in [2.24, 2.45) is 0 Å². The minimum absolute atomic E-state index is 0.0854. The van der Waals surface area contributed by atoms with Crippen LogP contribution in [0.3, 0.4) is 0 Å². The molecule has 2 N–H and O–H groups in total. The highest BCUT2D eigenvalue weighted by molar-refractivity contribution is 7.14. The summed E-state index contributed by atoms with van der Waals surface area (Å²) in [5.74, 6) is 1.55. The van der Waals surface area contributed by atoms with Crippen LogP contribution in [0.4, 0.5) is 9.80 Å². The van der Waals surface area contributed by atoms with Gasteiger partial charge in [0, 0.05) is 32.7 Å². The molecular formula is C19H24N4O3S. The molecule has 0 saturated carbocycles. The number of nitrogens with zero attached hydrogens (tertiary/aromatic N) is 2. The maximum absolute atomic E-state index is 12.3. The van der Waals surface area contributed by atoms with Gasteiger partial charge in [0.15, 0.2) is 11.5 Å². The van der Waals surface area contributed by atoms with Gasteiger partial charge in [-0.2, -0.15) is 0 Å². The molecule has 1 saturated heterocycles. The van der Waals surface area contributed by atoms with Gasteiger partial charge in [-0.15, -0.1) is 11.3 Å². The number of anilines is 1. The monoisotopic (exact) mass is 388 g/mol. The number of benzene rings is 1. The Kier molecular flexibility index (Phi) is 5.47. The number of hydrogen-bond donors (Lipinski definition) is 2. The Bertz CT molecular complexity index is 775. The fraction of sp³-hybridized carbons (Fsp3) is 0.421. The van der Waals surface area contributed by atoms with Crippen LogP contribution < -0.4 is 20.1 Å². The van der Waals surface area contributed by atoms with Gasteiger partial charge in [0.1, 0.15) is 0 Å². The van der Waals surface area contributed by atoms with Crippen molar-refractivity contribution in [3.63, 3.8) is 0 Å². The third-order valence-electron chi connectivity index (χ3n) is 4.97. The first kappa shape index (κ1) is 18.1. The highest BCUT2D eigenvalue weighted by atomic mass is 32.1. The van der Waals surface area contributed by atoms with Crippen molar-refractivity contribution < 1.29 is 14.3 Å². The second-order valence-corrected chi connectivity index (χ2v) is 7.73. The van der Waals surface area contributed by atoms with E-state index in [1.807, 2.05) is 29.6 Å². The maximum atomic E-state index is 12.3. The average Bonchev–Trinajstić information content (AvgIpc) is 3.34. The van der Waals surface area contributed by atoms with Crippen molar-refractivity contribution >= 4 is 22.4 Å². The van der Waals surface area contributed by atoms with E-state index in [0.29, 0.717) is 6.54 Å². The number of likely N-dealkylation sites (N-methyl/N-ethyl adjacent to an activating group) is 1. The van der Waals surface area contributed by atoms with Crippen LogP contribution in [-0.2, 0) is 0 Å². The van der Waals surface area contributed by atoms with Crippen molar-refractivity contribution in [1.82, 2.24) is 15.1 Å². The number of thiophene rings is 1. The summed E-state index contributed by atoms with van der Waals surface area (Å²) in [6.45, 7) is 4.75. The SMILES string of the molecule is CN1CCN([C@@H](CNC(=O)Nc2cccs2)c2ccc3c(c2)OCO3)CC1. The number of piperazine rings is 1. The highest BCUT2D eigenvalue weighted by Gasteiger charge is 2.26. The van der Waals surface area contributed by atoms with E-state index in [9.17, 15) is 4.79 Å². The third kappa shape index (κ3) is 4.35. The number of hydrogen-bond acceptors (Lipinski definition) is 6. The Morgan fingerprint density at radius 3 is 2.78 bits per heavy atom. The molecule has 2 aliphatic heterocycles. The molecule has 0 radical (unpaired) electrons. The van der Waals surface area contributed by atoms with Gasteiger partial charge in [-0.05, 0) is 42.3 Å². The molecule has 0 bridgehead atoms. The Morgan fingerprint density at radius 1 is 1.19 bits per heavy atom. The summed E-state index contributed by atoms with van der Waals surface area (Å²) in [4.78, 5) is 17.0. The van der Waals surface area contributed by atoms with Gasteiger partial charge in [0.2, 0.25) is 6.79 Å². The summed E-state index contributed by atoms with van der Waals surface area (Å²) in [6.07, 6.45) is 0. The van der Waals surface area contributed by atoms with Gasteiger partial charge in [0.25, 0.3) is 0 Å². The number of urea groups is 1. The molecule has 0 unspecified atom stereocenters. The smallest absolute Gasteiger partial charge is 0.319 e. The van der Waals surface area contributed by atoms with Crippen molar-refractivity contribution in [3.05, 3.63) is 41.3 Å². The van der Waals surface area contributed by atoms with E-state index < -0.39 is 0 Å². The van der Waals surface area contributed by atoms with Gasteiger partial charge >= 0.3 is 6.03 Å². The lowest BCUT2D eigenvalue weighted by Gasteiger charge is -2.38. The fourth-order valence-corrected chi connectivity index (χ4v) is 4.02. The van der Waals surface area contributed by atoms with Crippen molar-refractivity contribution in [2.45, 2.75) is 6.04 Å². The fourth-order valence-electron chi connectivity index (χ4n) is 3.41. The van der Waals surface area contributed by atoms with Gasteiger partial charge in [-0.3, -0.25) is 10.2 Å². The third-order valence-corrected chi connectivity index (χ3v) is 5.76. The van der Waals surface area contributed by atoms with E-state index >= 15 is 0 Å². The van der Waals surface area contributed by atoms with Crippen molar-refractivity contribution in [2.75, 3.05) is 51.9 Å². The number of carbonyl (C=O) groups excluding carboxylic acids is 1. The second kappa shape index (κ2) is 8.16. The molecule has 144 valence electrons. The molecule has 2 aromatic rings. The van der Waals surface area contributed by atoms with Crippen LogP contribution >= 0.6 is 11.3 Å². The predicted molar refractivity (Wildman–Crippen MR) is 106 cm³/mol. The topological polar surface area (TPSA) is 66.1 Å². The first-order chi connectivity index (χ1) is 13.2. The van der Waals surface area contributed by atoms with Gasteiger partial charge in [-0.1, -0.05) is 6.07 Å². The summed E-state index contributed by atoms with van der Waals surface area (Å²) in [5, 5.41) is 8.68. The zero-order valence-corrected chi connectivity index (χ0v) is 16.1. The van der Waals surface area contributed by atoms with Gasteiger partial charge in [-0.25, -0.2) is 4.79 Å². The van der Waals surface area contributed by atoms with E-state index in [1.54, 1.807) is 0 Å². The Hall–Kier alpha value is -2.29. The first-order valence-electron chi connectivity index (χ1n) is 9.09. The molecule has 27 heavy (non-hydrogen) atoms. The average molecular weight is 388 g/mol. The Balaban J connectivity index is 1.46. The highest BCUT2D eigenvalue weighted by Crippen LogP contribution is 2.35. The summed E-state index contributed by atoms with van der Waals surface area (Å²) >= 11 is 1.51. The zero-order chi connectivity index (χ0) is 18.6. The second-order valence-electron chi connectivity index (χ2n) is 6.78. The maximum Gasteiger partial charge on any atom is 0.319 e. The molecule has 8 heteroatoms. The Morgan fingerprint density at radius 2 is 2.00 bits per heavy atom. The van der Waals surface area contributed by atoms with E-state index in [2.05, 4.69) is 33.5 Å². The number of nitrogens with one attached hydrogen (secondary N) is 2. The van der Waals surface area contributed by atoms with Crippen molar-refractivity contribution in [3.8, 4) is 11.5 Å². The van der Waals surface area contributed by atoms with Crippen molar-refractivity contribution in [1.29, 1.82) is 0 Å². The quantitative estimate of drug-likeness (QED) is 0.824. The number of ether oxygens (including phenoxy) is 2. The molecule has 1 fully saturated rings. The minimum Gasteiger partial charge on any atom is -0.454 e. The lowest BCUT2D eigenvalue weighted by molar-refractivity contribution is 0.111. The van der Waals surface area contributed by atoms with Crippen LogP contribution in [0.1, 0.15) is 11.6 Å². The molecule has 0 spiro atoms. The first-order valence-corrected chi connectivity index (χ1v) is 9.97. The summed E-state index contributed by atoms with van der Waals surface area (Å²) in [7, 11) is 2.14. The lowest BCUT2D eigenvalue weighted by Crippen LogP contribution is -2.48. The van der Waals surface area contributed by atoms with E-state index in [-0.39, 0.29) is 18.9 Å². The molecule has 2 aliphatic rings. The zero-order valence-electron chi connectivity index (χ0n) is 15.3. The molecule has 1 atom stereocenters. The minimum atomic E-state index is -0.183. The largest absolute Gasteiger partial charge is 0.454 e. The number of fused-ring (bicyclic) bond motifs is 1. The molecule has 1 aromatic carbocycles. The van der Waals surface area contributed by atoms with Crippen LogP contribution in [-0.4, -0.2) is 62.4 Å². The van der Waals surface area contributed by atoms with Crippen LogP contribution in [0.15, 0.2) is 35.7 Å². The standard InChI is InChI=1S/C19H24N4O3S/c1-22-6-8-23(9-7-22)15(12-20-19(24)21-18-3-2-10-27-18)14-4-5-16-17(11-14)26-13-25-16/h2-5,10-11,15H,6-9,12-13H2,1H3,(H2,20,21,24)/t15-/m0/s1. The van der Waals surface area contributed by atoms with E-state index in [1.165, 1.54) is 11.3 Å². The normalized spacial score (nSPS) is 18.3. The molecular weight excluding hydrogens is 364 g/mol. The summed E-state index contributed by atoms with van der Waals surface area (Å²) in [5.41, 5.74) is 1.13. The molecule has 3 heterocycles. The molecule has 0 aliphatic carbocycles. The van der Waals surface area contributed by atoms with Crippen LogP contribution in [0.2, 0.25) is 0 Å². The Labute approximate surface area is 162 Å². The summed E-state index contributed by atoms with van der Waals surface area (Å²) < 4.78 is 11.0. The van der Waals surface area contributed by atoms with E-state index in [4.69, 9.17) is 9.47 Å². The summed E-state index contributed by atoms with van der Waals surface area (Å²) in [6, 6.07) is 9.76. The molecule has 2 amide bonds. The van der Waals surface area contributed by atoms with E-state index in [0.717, 1.165) is 48.2 Å². The van der Waals surface area contributed by atoms with Crippen LogP contribution in [0.5, 0.6) is 11.5 Å². The molecule has 7 nitrogen and oxygen atoms in total. The lowest BCUT2D eigenvalue weighted by atomic mass is 10.0. The number of amides is 2. The number of carbonyl (C=O) groups is 1. The van der Waals surface area contributed by atoms with Crippen LogP contribution in [0.25, 0.3) is 0 Å². The molecule has 4 rings (SSSR count). The predicted octanol–water partition coefficient (Wildman–Crippen LogP) is 2.59.